The summed E-state index contributed by atoms with van der Waals surface area (Å²) in [6.07, 6.45) is -0.817. The van der Waals surface area contributed by atoms with Crippen molar-refractivity contribution in [2.45, 2.75) is 19.3 Å². The van der Waals surface area contributed by atoms with E-state index in [1.165, 1.54) is 12.1 Å². The normalized spacial score (nSPS) is 15.0. The van der Waals surface area contributed by atoms with Crippen molar-refractivity contribution < 1.29 is 35.9 Å². The highest BCUT2D eigenvalue weighted by Gasteiger charge is 2.31. The third-order valence-corrected chi connectivity index (χ3v) is 7.60. The SMILES string of the molecule is Cc1c(CC(=O)O)cc(OS(=O)(=O)F)cc1N1CCN(C(=O)OCC2c3ccccc3-c3ccccc32)CC1. The highest BCUT2D eigenvalue weighted by molar-refractivity contribution is 7.81. The molecule has 39 heavy (non-hydrogen) atoms. The standard InChI is InChI=1S/C28H27FN2O7S/c1-18-19(15-27(32)33)14-20(38-39(29,35)36)16-26(18)30-10-12-31(13-11-30)28(34)37-17-25-23-8-4-2-6-21(23)22-7-3-5-9-24(22)25/h2-9,14,16,25H,10-13,15,17H2,1H3,(H,32,33). The molecule has 1 heterocycles. The fourth-order valence-electron chi connectivity index (χ4n) is 5.38. The van der Waals surface area contributed by atoms with Crippen LogP contribution >= 0.6 is 0 Å². The summed E-state index contributed by atoms with van der Waals surface area (Å²) in [4.78, 5) is 27.8. The van der Waals surface area contributed by atoms with Crippen LogP contribution in [-0.4, -0.2) is 63.3 Å². The number of carbonyl (C=O) groups is 2. The number of nitrogens with zero attached hydrogens (tertiary/aromatic N) is 2. The van der Waals surface area contributed by atoms with Crippen LogP contribution in [-0.2, 0) is 26.5 Å². The zero-order valence-electron chi connectivity index (χ0n) is 21.2. The molecule has 2 aliphatic rings. The number of amides is 1. The van der Waals surface area contributed by atoms with E-state index < -0.39 is 22.6 Å². The molecule has 0 unspecified atom stereocenters. The summed E-state index contributed by atoms with van der Waals surface area (Å²) >= 11 is 0. The fourth-order valence-corrected chi connectivity index (χ4v) is 5.71. The summed E-state index contributed by atoms with van der Waals surface area (Å²) in [6, 6.07) is 18.8. The van der Waals surface area contributed by atoms with Gasteiger partial charge in [-0.2, -0.15) is 8.42 Å². The minimum Gasteiger partial charge on any atom is -0.481 e. The number of piperazine rings is 1. The maximum Gasteiger partial charge on any atom is 0.488 e. The molecule has 11 heteroatoms. The number of fused-ring (bicyclic) bond motifs is 3. The van der Waals surface area contributed by atoms with Crippen LogP contribution in [0.15, 0.2) is 60.7 Å². The van der Waals surface area contributed by atoms with Crippen LogP contribution in [0.25, 0.3) is 11.1 Å². The number of aliphatic carboxylic acids is 1. The van der Waals surface area contributed by atoms with Crippen molar-refractivity contribution in [3.05, 3.63) is 82.9 Å². The van der Waals surface area contributed by atoms with Crippen LogP contribution in [0.2, 0.25) is 0 Å². The van der Waals surface area contributed by atoms with Crippen molar-refractivity contribution >= 4 is 28.3 Å². The number of hydrogen-bond acceptors (Lipinski definition) is 7. The minimum absolute atomic E-state index is 0.0486. The number of benzene rings is 3. The van der Waals surface area contributed by atoms with Crippen LogP contribution < -0.4 is 9.08 Å². The molecule has 0 bridgehead atoms. The predicted octanol–water partition coefficient (Wildman–Crippen LogP) is 4.29. The number of carboxylic acid groups (broad SMARTS) is 1. The van der Waals surface area contributed by atoms with Gasteiger partial charge < -0.3 is 23.8 Å². The predicted molar refractivity (Wildman–Crippen MR) is 142 cm³/mol. The summed E-state index contributed by atoms with van der Waals surface area (Å²) in [6.45, 7) is 3.33. The lowest BCUT2D eigenvalue weighted by Gasteiger charge is -2.36. The van der Waals surface area contributed by atoms with Crippen LogP contribution in [0, 0.1) is 6.92 Å². The summed E-state index contributed by atoms with van der Waals surface area (Å²) < 4.78 is 45.4. The Hall–Kier alpha value is -4.12. The Bertz CT molecular complexity index is 1490. The lowest BCUT2D eigenvalue weighted by Crippen LogP contribution is -2.49. The summed E-state index contributed by atoms with van der Waals surface area (Å²) in [5.74, 6) is -1.48. The molecule has 0 radical (unpaired) electrons. The molecular formula is C28H27FN2O7S. The Morgan fingerprint density at radius 3 is 2.13 bits per heavy atom. The first-order valence-corrected chi connectivity index (χ1v) is 13.8. The molecule has 0 atom stereocenters. The van der Waals surface area contributed by atoms with Crippen molar-refractivity contribution in [1.82, 2.24) is 4.90 Å². The van der Waals surface area contributed by atoms with Gasteiger partial charge in [-0.05, 0) is 46.4 Å². The average molecular weight is 555 g/mol. The topological polar surface area (TPSA) is 113 Å². The first-order chi connectivity index (χ1) is 18.6. The Morgan fingerprint density at radius 1 is 0.974 bits per heavy atom. The summed E-state index contributed by atoms with van der Waals surface area (Å²) in [7, 11) is -5.29. The molecule has 1 fully saturated rings. The molecule has 1 aliphatic heterocycles. The molecule has 9 nitrogen and oxygen atoms in total. The van der Waals surface area contributed by atoms with E-state index in [0.717, 1.165) is 22.3 Å². The first-order valence-electron chi connectivity index (χ1n) is 12.4. The van der Waals surface area contributed by atoms with Crippen molar-refractivity contribution in [3.63, 3.8) is 0 Å². The lowest BCUT2D eigenvalue weighted by molar-refractivity contribution is -0.136. The van der Waals surface area contributed by atoms with E-state index in [1.54, 1.807) is 11.8 Å². The number of hydrogen-bond donors (Lipinski definition) is 1. The van der Waals surface area contributed by atoms with Crippen LogP contribution in [0.5, 0.6) is 5.75 Å². The van der Waals surface area contributed by atoms with Gasteiger partial charge in [-0.25, -0.2) is 4.79 Å². The van der Waals surface area contributed by atoms with E-state index in [2.05, 4.69) is 28.4 Å². The lowest BCUT2D eigenvalue weighted by atomic mass is 9.98. The van der Waals surface area contributed by atoms with Gasteiger partial charge in [-0.3, -0.25) is 4.79 Å². The number of carbonyl (C=O) groups excluding carboxylic acids is 1. The second-order valence-electron chi connectivity index (χ2n) is 9.55. The zero-order chi connectivity index (χ0) is 27.7. The maximum absolute atomic E-state index is 13.2. The second-order valence-corrected chi connectivity index (χ2v) is 10.5. The fraction of sp³-hybridized carbons (Fsp3) is 0.286. The van der Waals surface area contributed by atoms with Crippen LogP contribution in [0.3, 0.4) is 0 Å². The number of rotatable bonds is 7. The molecule has 1 amide bonds. The van der Waals surface area contributed by atoms with E-state index in [-0.39, 0.29) is 24.7 Å². The van der Waals surface area contributed by atoms with Gasteiger partial charge in [0.2, 0.25) is 0 Å². The third-order valence-electron chi connectivity index (χ3n) is 7.21. The minimum atomic E-state index is -5.29. The number of ether oxygens (including phenoxy) is 1. The molecule has 5 rings (SSSR count). The zero-order valence-corrected chi connectivity index (χ0v) is 22.0. The van der Waals surface area contributed by atoms with Gasteiger partial charge in [-0.15, -0.1) is 0 Å². The molecule has 3 aromatic rings. The van der Waals surface area contributed by atoms with Gasteiger partial charge in [-0.1, -0.05) is 52.4 Å². The van der Waals surface area contributed by atoms with Gasteiger partial charge in [0, 0.05) is 43.9 Å². The number of carboxylic acids is 1. The van der Waals surface area contributed by atoms with Crippen molar-refractivity contribution in [3.8, 4) is 16.9 Å². The largest absolute Gasteiger partial charge is 0.488 e. The van der Waals surface area contributed by atoms with Gasteiger partial charge in [0.05, 0.1) is 6.42 Å². The molecule has 0 saturated carbocycles. The molecular weight excluding hydrogens is 527 g/mol. The highest BCUT2D eigenvalue weighted by atomic mass is 32.3. The van der Waals surface area contributed by atoms with Gasteiger partial charge in [0.15, 0.2) is 0 Å². The molecule has 0 aromatic heterocycles. The van der Waals surface area contributed by atoms with Crippen LogP contribution in [0.4, 0.5) is 14.4 Å². The van der Waals surface area contributed by atoms with E-state index in [1.807, 2.05) is 29.2 Å². The third kappa shape index (κ3) is 5.68. The molecule has 1 N–H and O–H groups in total. The number of anilines is 1. The Labute approximate surface area is 225 Å². The second kappa shape index (κ2) is 10.6. The number of halogens is 1. The van der Waals surface area contributed by atoms with Crippen molar-refractivity contribution in [1.29, 1.82) is 0 Å². The molecule has 1 saturated heterocycles. The Morgan fingerprint density at radius 2 is 1.56 bits per heavy atom. The smallest absolute Gasteiger partial charge is 0.481 e. The molecule has 204 valence electrons. The Balaban J connectivity index is 1.26. The average Bonchev–Trinajstić information content (AvgIpc) is 3.21. The summed E-state index contributed by atoms with van der Waals surface area (Å²) in [5, 5.41) is 9.24. The van der Waals surface area contributed by atoms with Crippen LogP contribution in [0.1, 0.15) is 28.2 Å². The first kappa shape index (κ1) is 26.5. The highest BCUT2D eigenvalue weighted by Crippen LogP contribution is 2.44. The van der Waals surface area contributed by atoms with E-state index >= 15 is 0 Å². The summed E-state index contributed by atoms with van der Waals surface area (Å²) in [5.41, 5.74) is 5.97. The molecule has 0 spiro atoms. The van der Waals surface area contributed by atoms with Gasteiger partial charge >= 0.3 is 22.6 Å². The van der Waals surface area contributed by atoms with Crippen molar-refractivity contribution in [2.75, 3.05) is 37.7 Å². The molecule has 1 aliphatic carbocycles. The molecule has 3 aromatic carbocycles. The van der Waals surface area contributed by atoms with Gasteiger partial charge in [0.1, 0.15) is 12.4 Å². The van der Waals surface area contributed by atoms with E-state index in [0.29, 0.717) is 43.0 Å². The monoisotopic (exact) mass is 554 g/mol. The quantitative estimate of drug-likeness (QED) is 0.431. The van der Waals surface area contributed by atoms with E-state index in [4.69, 9.17) is 4.74 Å². The maximum atomic E-state index is 13.2. The Kier molecular flexibility index (Phi) is 7.17. The van der Waals surface area contributed by atoms with Crippen molar-refractivity contribution in [2.24, 2.45) is 0 Å². The van der Waals surface area contributed by atoms with Gasteiger partial charge in [0.25, 0.3) is 0 Å². The van der Waals surface area contributed by atoms with E-state index in [9.17, 15) is 27.0 Å².